The van der Waals surface area contributed by atoms with Crippen molar-refractivity contribution in [1.82, 2.24) is 14.6 Å². The fourth-order valence-corrected chi connectivity index (χ4v) is 2.89. The van der Waals surface area contributed by atoms with E-state index in [0.29, 0.717) is 5.56 Å². The van der Waals surface area contributed by atoms with Gasteiger partial charge in [-0.05, 0) is 38.5 Å². The van der Waals surface area contributed by atoms with Gasteiger partial charge in [-0.1, -0.05) is 11.6 Å². The van der Waals surface area contributed by atoms with Crippen molar-refractivity contribution in [3.8, 4) is 0 Å². The van der Waals surface area contributed by atoms with Crippen LogP contribution in [0.5, 0.6) is 0 Å². The maximum Gasteiger partial charge on any atom is 0.252 e. The Labute approximate surface area is 142 Å². The molecule has 24 heavy (non-hydrogen) atoms. The third-order valence-corrected chi connectivity index (χ3v) is 5.45. The van der Waals surface area contributed by atoms with Crippen molar-refractivity contribution in [1.29, 1.82) is 0 Å². The van der Waals surface area contributed by atoms with Gasteiger partial charge in [0.1, 0.15) is 0 Å². The summed E-state index contributed by atoms with van der Waals surface area (Å²) in [7, 11) is -1.76. The van der Waals surface area contributed by atoms with Gasteiger partial charge in [-0.2, -0.15) is 0 Å². The van der Waals surface area contributed by atoms with Crippen molar-refractivity contribution in [3.63, 3.8) is 0 Å². The Kier molecular flexibility index (Phi) is 5.25. The molecular formula is C17H23N3O3S. The number of carbonyl (C=O) groups excluding carboxylic acids is 1. The summed E-state index contributed by atoms with van der Waals surface area (Å²) in [6.07, 6.45) is 1.14. The molecule has 1 aromatic carbocycles. The number of fused-ring (bicyclic) bond motifs is 1. The van der Waals surface area contributed by atoms with Gasteiger partial charge in [-0.25, -0.2) is 12.7 Å². The van der Waals surface area contributed by atoms with Crippen molar-refractivity contribution in [3.05, 3.63) is 40.6 Å². The van der Waals surface area contributed by atoms with E-state index in [2.05, 4.69) is 10.3 Å². The van der Waals surface area contributed by atoms with Crippen molar-refractivity contribution < 1.29 is 13.2 Å². The molecule has 0 saturated heterocycles. The molecule has 0 aliphatic carbocycles. The molecule has 1 aromatic heterocycles. The van der Waals surface area contributed by atoms with Crippen LogP contribution in [0, 0.1) is 20.8 Å². The molecule has 0 atom stereocenters. The number of amides is 1. The van der Waals surface area contributed by atoms with Crippen molar-refractivity contribution in [2.24, 2.45) is 0 Å². The van der Waals surface area contributed by atoms with Crippen LogP contribution in [0.1, 0.15) is 27.2 Å². The Morgan fingerprint density at radius 3 is 2.54 bits per heavy atom. The van der Waals surface area contributed by atoms with Crippen LogP contribution >= 0.6 is 0 Å². The first kappa shape index (κ1) is 18.4. The predicted molar refractivity (Wildman–Crippen MR) is 95.8 cm³/mol. The molecule has 130 valence electrons. The lowest BCUT2D eigenvalue weighted by Crippen LogP contribution is -2.36. The first-order valence-corrected chi connectivity index (χ1v) is 9.53. The van der Waals surface area contributed by atoms with E-state index in [0.717, 1.165) is 34.0 Å². The number of carbonyl (C=O) groups is 1. The van der Waals surface area contributed by atoms with Crippen LogP contribution < -0.4 is 5.32 Å². The lowest BCUT2D eigenvalue weighted by molar-refractivity contribution is 0.0953. The molecule has 1 N–H and O–H groups in total. The number of benzene rings is 1. The van der Waals surface area contributed by atoms with Crippen LogP contribution in [0.15, 0.2) is 18.2 Å². The SMILES string of the molecule is Cc1ccc2nc(C)c(C)c(C(=O)NCCN(C)S(C)(=O)=O)c2c1. The smallest absolute Gasteiger partial charge is 0.252 e. The van der Waals surface area contributed by atoms with Crippen LogP contribution in [-0.2, 0) is 10.0 Å². The van der Waals surface area contributed by atoms with E-state index >= 15 is 0 Å². The van der Waals surface area contributed by atoms with Gasteiger partial charge in [0.2, 0.25) is 10.0 Å². The molecule has 0 unspecified atom stereocenters. The molecule has 0 fully saturated rings. The topological polar surface area (TPSA) is 79.4 Å². The summed E-state index contributed by atoms with van der Waals surface area (Å²) in [5.41, 5.74) is 4.08. The molecule has 1 heterocycles. The first-order valence-electron chi connectivity index (χ1n) is 7.68. The van der Waals surface area contributed by atoms with E-state index in [9.17, 15) is 13.2 Å². The minimum atomic E-state index is -3.25. The van der Waals surface area contributed by atoms with Gasteiger partial charge in [0.05, 0.1) is 17.3 Å². The second kappa shape index (κ2) is 6.86. The Morgan fingerprint density at radius 1 is 1.25 bits per heavy atom. The number of nitrogens with one attached hydrogen (secondary N) is 1. The normalized spacial score (nSPS) is 11.9. The number of hydrogen-bond donors (Lipinski definition) is 1. The number of hydrogen-bond acceptors (Lipinski definition) is 4. The molecule has 0 aliphatic heterocycles. The zero-order valence-corrected chi connectivity index (χ0v) is 15.5. The highest BCUT2D eigenvalue weighted by atomic mass is 32.2. The van der Waals surface area contributed by atoms with E-state index < -0.39 is 10.0 Å². The summed E-state index contributed by atoms with van der Waals surface area (Å²) in [5, 5.41) is 3.62. The molecule has 0 aliphatic rings. The lowest BCUT2D eigenvalue weighted by atomic mass is 9.99. The molecule has 6 nitrogen and oxygen atoms in total. The zero-order valence-electron chi connectivity index (χ0n) is 14.7. The predicted octanol–water partition coefficient (Wildman–Crippen LogP) is 1.78. The highest BCUT2D eigenvalue weighted by Gasteiger charge is 2.17. The summed E-state index contributed by atoms with van der Waals surface area (Å²) < 4.78 is 24.0. The number of sulfonamides is 1. The Morgan fingerprint density at radius 2 is 1.92 bits per heavy atom. The quantitative estimate of drug-likeness (QED) is 0.892. The number of rotatable bonds is 5. The third-order valence-electron chi connectivity index (χ3n) is 4.13. The summed E-state index contributed by atoms with van der Waals surface area (Å²) in [6, 6.07) is 5.82. The standard InChI is InChI=1S/C17H23N3O3S/c1-11-6-7-15-14(10-11)16(12(2)13(3)19-15)17(21)18-8-9-20(4)24(5,22)23/h6-7,10H,8-9H2,1-5H3,(H,18,21). The monoisotopic (exact) mass is 349 g/mol. The average Bonchev–Trinajstić information content (AvgIpc) is 2.48. The fraction of sp³-hybridized carbons (Fsp3) is 0.412. The Hall–Kier alpha value is -1.99. The molecule has 0 bridgehead atoms. The van der Waals surface area contributed by atoms with Crippen LogP contribution in [0.3, 0.4) is 0 Å². The van der Waals surface area contributed by atoms with Crippen molar-refractivity contribution in [2.75, 3.05) is 26.4 Å². The second-order valence-corrected chi connectivity index (χ2v) is 8.15. The summed E-state index contributed by atoms with van der Waals surface area (Å²) in [4.78, 5) is 17.2. The summed E-state index contributed by atoms with van der Waals surface area (Å²) >= 11 is 0. The molecule has 1 amide bonds. The molecule has 7 heteroatoms. The highest BCUT2D eigenvalue weighted by molar-refractivity contribution is 7.88. The minimum Gasteiger partial charge on any atom is -0.351 e. The van der Waals surface area contributed by atoms with Gasteiger partial charge in [-0.3, -0.25) is 9.78 Å². The third kappa shape index (κ3) is 3.91. The lowest BCUT2D eigenvalue weighted by Gasteiger charge is -2.16. The van der Waals surface area contributed by atoms with Gasteiger partial charge < -0.3 is 5.32 Å². The van der Waals surface area contributed by atoms with Gasteiger partial charge in [0.25, 0.3) is 5.91 Å². The molecule has 2 aromatic rings. The van der Waals surface area contributed by atoms with Gasteiger partial charge >= 0.3 is 0 Å². The van der Waals surface area contributed by atoms with Crippen LogP contribution in [-0.4, -0.2) is 50.0 Å². The largest absolute Gasteiger partial charge is 0.351 e. The highest BCUT2D eigenvalue weighted by Crippen LogP contribution is 2.23. The molecule has 2 rings (SSSR count). The molecule has 0 spiro atoms. The van der Waals surface area contributed by atoms with Crippen LogP contribution in [0.4, 0.5) is 0 Å². The minimum absolute atomic E-state index is 0.212. The van der Waals surface area contributed by atoms with E-state index in [1.165, 1.54) is 11.4 Å². The Bertz CT molecular complexity index is 892. The van der Waals surface area contributed by atoms with Gasteiger partial charge in [-0.15, -0.1) is 0 Å². The average molecular weight is 349 g/mol. The van der Waals surface area contributed by atoms with Crippen LogP contribution in [0.2, 0.25) is 0 Å². The Balaban J connectivity index is 2.29. The molecule has 0 radical (unpaired) electrons. The zero-order chi connectivity index (χ0) is 18.1. The van der Waals surface area contributed by atoms with Crippen LogP contribution in [0.25, 0.3) is 10.9 Å². The van der Waals surface area contributed by atoms with Crippen molar-refractivity contribution >= 4 is 26.8 Å². The molecule has 0 saturated carbocycles. The number of pyridine rings is 1. The fourth-order valence-electron chi connectivity index (χ4n) is 2.47. The summed E-state index contributed by atoms with van der Waals surface area (Å²) in [5.74, 6) is -0.212. The van der Waals surface area contributed by atoms with Gasteiger partial charge in [0, 0.05) is 31.2 Å². The first-order chi connectivity index (χ1) is 11.1. The number of nitrogens with zero attached hydrogens (tertiary/aromatic N) is 2. The van der Waals surface area contributed by atoms with E-state index in [4.69, 9.17) is 0 Å². The maximum absolute atomic E-state index is 12.7. The summed E-state index contributed by atoms with van der Waals surface area (Å²) in [6.45, 7) is 6.20. The molecular weight excluding hydrogens is 326 g/mol. The number of likely N-dealkylation sites (N-methyl/N-ethyl adjacent to an activating group) is 1. The van der Waals surface area contributed by atoms with E-state index in [1.807, 2.05) is 39.0 Å². The number of aryl methyl sites for hydroxylation is 2. The maximum atomic E-state index is 12.7. The second-order valence-electron chi connectivity index (χ2n) is 6.06. The number of aromatic nitrogens is 1. The van der Waals surface area contributed by atoms with E-state index in [1.54, 1.807) is 0 Å². The van der Waals surface area contributed by atoms with E-state index in [-0.39, 0.29) is 19.0 Å². The van der Waals surface area contributed by atoms with Gasteiger partial charge in [0.15, 0.2) is 0 Å². The van der Waals surface area contributed by atoms with Crippen molar-refractivity contribution in [2.45, 2.75) is 20.8 Å².